The van der Waals surface area contributed by atoms with Crippen molar-refractivity contribution in [3.05, 3.63) is 71.1 Å². The van der Waals surface area contributed by atoms with Crippen LogP contribution in [-0.4, -0.2) is 56.7 Å². The molecule has 0 bridgehead atoms. The van der Waals surface area contributed by atoms with E-state index < -0.39 is 20.4 Å². The molecule has 0 spiro atoms. The summed E-state index contributed by atoms with van der Waals surface area (Å²) in [6.07, 6.45) is 19.1. The molecule has 2 fully saturated rings. The predicted octanol–water partition coefficient (Wildman–Crippen LogP) is 5.43. The molecule has 6 rings (SSSR count). The molecule has 2 unspecified atom stereocenters. The van der Waals surface area contributed by atoms with E-state index in [0.29, 0.717) is 15.7 Å². The van der Waals surface area contributed by atoms with Crippen LogP contribution in [0.5, 0.6) is 0 Å². The number of fused-ring (bicyclic) bond motifs is 1. The Labute approximate surface area is 232 Å². The fraction of sp³-hybridized carbons (Fsp3) is 0.429. The third-order valence-electron chi connectivity index (χ3n) is 8.17. The van der Waals surface area contributed by atoms with E-state index in [4.69, 9.17) is 11.6 Å². The summed E-state index contributed by atoms with van der Waals surface area (Å²) in [7, 11) is -3.96. The molecule has 3 aliphatic rings. The number of allylic oxidation sites excluding steroid dienone is 4. The zero-order valence-electron chi connectivity index (χ0n) is 21.3. The standard InChI is InChI=1S/C28H31ClN4O3S2/c1-27(18-21(29)8-7-20(27)6-4-16-32-14-2-3-15-32)38(35,36)33-17-10-23-22(9-13-30-25(23)33)24-19-31-26(37-24)28(34)11-5-12-28/h4,6-10,13,17-20,34H,2-3,5,11-12,14-16H2,1H3/b6-4+. The van der Waals surface area contributed by atoms with Crippen LogP contribution in [0.1, 0.15) is 44.0 Å². The number of nitrogens with zero attached hydrogens (tertiary/aromatic N) is 4. The molecule has 1 N–H and O–H groups in total. The van der Waals surface area contributed by atoms with Gasteiger partial charge in [-0.05, 0) is 76.4 Å². The van der Waals surface area contributed by atoms with Gasteiger partial charge < -0.3 is 5.11 Å². The molecule has 1 saturated carbocycles. The first-order valence-corrected chi connectivity index (χ1v) is 15.7. The van der Waals surface area contributed by atoms with Crippen LogP contribution in [0.3, 0.4) is 0 Å². The van der Waals surface area contributed by atoms with E-state index in [1.54, 1.807) is 43.7 Å². The van der Waals surface area contributed by atoms with Crippen molar-refractivity contribution in [2.75, 3.05) is 19.6 Å². The van der Waals surface area contributed by atoms with E-state index in [9.17, 15) is 13.5 Å². The Morgan fingerprint density at radius 2 is 2.00 bits per heavy atom. The summed E-state index contributed by atoms with van der Waals surface area (Å²) in [6, 6.07) is 3.66. The van der Waals surface area contributed by atoms with E-state index >= 15 is 0 Å². The molecule has 0 amide bonds. The molecular weight excluding hydrogens is 540 g/mol. The van der Waals surface area contributed by atoms with E-state index in [-0.39, 0.29) is 5.92 Å². The predicted molar refractivity (Wildman–Crippen MR) is 153 cm³/mol. The maximum Gasteiger partial charge on any atom is 0.250 e. The van der Waals surface area contributed by atoms with Crippen LogP contribution in [0.2, 0.25) is 0 Å². The van der Waals surface area contributed by atoms with Gasteiger partial charge in [-0.25, -0.2) is 22.4 Å². The number of aromatic nitrogens is 3. The van der Waals surface area contributed by atoms with Crippen LogP contribution in [0, 0.1) is 5.92 Å². The molecule has 200 valence electrons. The lowest BCUT2D eigenvalue weighted by Gasteiger charge is -2.34. The quantitative estimate of drug-likeness (QED) is 0.381. The zero-order valence-corrected chi connectivity index (χ0v) is 23.6. The lowest BCUT2D eigenvalue weighted by Crippen LogP contribution is -2.44. The topological polar surface area (TPSA) is 88.3 Å². The molecule has 1 saturated heterocycles. The van der Waals surface area contributed by atoms with Gasteiger partial charge in [-0.1, -0.05) is 29.8 Å². The Balaban J connectivity index is 1.36. The summed E-state index contributed by atoms with van der Waals surface area (Å²) >= 11 is 7.83. The lowest BCUT2D eigenvalue weighted by molar-refractivity contribution is -0.0389. The van der Waals surface area contributed by atoms with Crippen molar-refractivity contribution in [3.8, 4) is 10.4 Å². The smallest absolute Gasteiger partial charge is 0.250 e. The maximum atomic E-state index is 14.3. The van der Waals surface area contributed by atoms with Gasteiger partial charge >= 0.3 is 0 Å². The molecule has 1 aliphatic heterocycles. The second-order valence-corrected chi connectivity index (χ2v) is 14.4. The first kappa shape index (κ1) is 26.0. The second-order valence-electron chi connectivity index (χ2n) is 10.7. The van der Waals surface area contributed by atoms with Crippen molar-refractivity contribution in [1.82, 2.24) is 18.8 Å². The summed E-state index contributed by atoms with van der Waals surface area (Å²) in [6.45, 7) is 4.69. The minimum atomic E-state index is -3.96. The summed E-state index contributed by atoms with van der Waals surface area (Å²) in [5.74, 6) is -0.384. The van der Waals surface area contributed by atoms with Gasteiger partial charge in [-0.3, -0.25) is 4.90 Å². The highest BCUT2D eigenvalue weighted by atomic mass is 35.5. The number of likely N-dealkylation sites (tertiary alicyclic amines) is 1. The van der Waals surface area contributed by atoms with E-state index in [2.05, 4.69) is 20.9 Å². The van der Waals surface area contributed by atoms with E-state index in [1.165, 1.54) is 28.2 Å². The Kier molecular flexibility index (Phi) is 6.63. The molecule has 7 nitrogen and oxygen atoms in total. The third kappa shape index (κ3) is 4.29. The van der Waals surface area contributed by atoms with Crippen molar-refractivity contribution >= 4 is 44.0 Å². The average molecular weight is 571 g/mol. The molecule has 4 heterocycles. The molecule has 3 aromatic heterocycles. The average Bonchev–Trinajstić information content (AvgIpc) is 3.64. The normalized spacial score (nSPS) is 25.8. The molecule has 38 heavy (non-hydrogen) atoms. The van der Waals surface area contributed by atoms with Gasteiger partial charge in [0, 0.05) is 47.0 Å². The number of aliphatic hydroxyl groups is 1. The van der Waals surface area contributed by atoms with Crippen LogP contribution in [0.25, 0.3) is 21.5 Å². The Morgan fingerprint density at radius 3 is 2.74 bits per heavy atom. The number of rotatable bonds is 7. The van der Waals surface area contributed by atoms with Gasteiger partial charge in [0.2, 0.25) is 10.0 Å². The first-order chi connectivity index (χ1) is 18.2. The molecule has 0 radical (unpaired) electrons. The summed E-state index contributed by atoms with van der Waals surface area (Å²) < 4.78 is 28.6. The molecule has 0 aromatic carbocycles. The van der Waals surface area contributed by atoms with Crippen molar-refractivity contribution in [2.45, 2.75) is 49.4 Å². The van der Waals surface area contributed by atoms with Gasteiger partial charge in [0.1, 0.15) is 15.4 Å². The minimum absolute atomic E-state index is 0.361. The minimum Gasteiger partial charge on any atom is -0.383 e. The number of pyridine rings is 1. The first-order valence-electron chi connectivity index (χ1n) is 13.1. The number of hydrogen-bond acceptors (Lipinski definition) is 7. The Hall–Kier alpha value is -2.30. The van der Waals surface area contributed by atoms with Crippen LogP contribution in [0.4, 0.5) is 0 Å². The van der Waals surface area contributed by atoms with Gasteiger partial charge in [-0.2, -0.15) is 0 Å². The monoisotopic (exact) mass is 570 g/mol. The van der Waals surface area contributed by atoms with Crippen molar-refractivity contribution in [1.29, 1.82) is 0 Å². The fourth-order valence-electron chi connectivity index (χ4n) is 5.60. The van der Waals surface area contributed by atoms with Gasteiger partial charge in [0.05, 0.1) is 4.88 Å². The Morgan fingerprint density at radius 1 is 1.21 bits per heavy atom. The zero-order chi connectivity index (χ0) is 26.5. The summed E-state index contributed by atoms with van der Waals surface area (Å²) in [5, 5.41) is 12.6. The fourth-order valence-corrected chi connectivity index (χ4v) is 8.86. The van der Waals surface area contributed by atoms with Crippen molar-refractivity contribution < 1.29 is 13.5 Å². The SMILES string of the molecule is CC1(S(=O)(=O)n2ccc3c(-c4cnc(C5(O)CCC5)s4)ccnc32)C=C(Cl)C=CC1/C=C/CN1CCCC1. The van der Waals surface area contributed by atoms with E-state index in [1.807, 2.05) is 18.2 Å². The van der Waals surface area contributed by atoms with Crippen LogP contribution in [-0.2, 0) is 15.6 Å². The highest BCUT2D eigenvalue weighted by Crippen LogP contribution is 2.45. The van der Waals surface area contributed by atoms with Crippen LogP contribution < -0.4 is 0 Å². The molecule has 2 atom stereocenters. The lowest BCUT2D eigenvalue weighted by atomic mass is 9.81. The van der Waals surface area contributed by atoms with Crippen molar-refractivity contribution in [2.24, 2.45) is 5.92 Å². The Bertz CT molecular complexity index is 1560. The van der Waals surface area contributed by atoms with Gasteiger partial charge in [-0.15, -0.1) is 11.3 Å². The molecule has 3 aromatic rings. The second kappa shape index (κ2) is 9.71. The van der Waals surface area contributed by atoms with Crippen LogP contribution in [0.15, 0.2) is 66.1 Å². The largest absolute Gasteiger partial charge is 0.383 e. The van der Waals surface area contributed by atoms with E-state index in [0.717, 1.165) is 54.7 Å². The highest BCUT2D eigenvalue weighted by molar-refractivity contribution is 7.91. The molecule has 2 aliphatic carbocycles. The third-order valence-corrected chi connectivity index (χ3v) is 11.9. The molecular formula is C28H31ClN4O3S2. The molecule has 10 heteroatoms. The summed E-state index contributed by atoms with van der Waals surface area (Å²) in [5.41, 5.74) is 0.371. The summed E-state index contributed by atoms with van der Waals surface area (Å²) in [4.78, 5) is 12.2. The van der Waals surface area contributed by atoms with Gasteiger partial charge in [0.25, 0.3) is 0 Å². The highest BCUT2D eigenvalue weighted by Gasteiger charge is 2.46. The van der Waals surface area contributed by atoms with Crippen molar-refractivity contribution in [3.63, 3.8) is 0 Å². The van der Waals surface area contributed by atoms with Gasteiger partial charge in [0.15, 0.2) is 5.65 Å². The van der Waals surface area contributed by atoms with Crippen LogP contribution >= 0.6 is 22.9 Å². The maximum absolute atomic E-state index is 14.3. The number of hydrogen-bond donors (Lipinski definition) is 1. The number of halogens is 1. The number of thiazole rings is 1.